The van der Waals surface area contributed by atoms with Crippen molar-refractivity contribution in [2.75, 3.05) is 0 Å². The van der Waals surface area contributed by atoms with Crippen molar-refractivity contribution in [2.45, 2.75) is 47.8 Å². The molecule has 0 fully saturated rings. The Morgan fingerprint density at radius 3 is 2.39 bits per heavy atom. The van der Waals surface area contributed by atoms with E-state index in [1.54, 1.807) is 31.5 Å². The third-order valence-electron chi connectivity index (χ3n) is 2.45. The van der Waals surface area contributed by atoms with Gasteiger partial charge in [0, 0.05) is 19.7 Å². The number of aryl methyl sites for hydroxylation is 1. The molecule has 0 aliphatic rings. The third-order valence-corrected chi connectivity index (χ3v) is 2.45. The van der Waals surface area contributed by atoms with Gasteiger partial charge in [0.15, 0.2) is 11.6 Å². The van der Waals surface area contributed by atoms with Crippen molar-refractivity contribution in [1.82, 2.24) is 9.55 Å². The highest BCUT2D eigenvalue weighted by Crippen LogP contribution is 2.16. The predicted octanol–water partition coefficient (Wildman–Crippen LogP) is 2.19. The molecule has 0 radical (unpaired) electrons. The van der Waals surface area contributed by atoms with Crippen molar-refractivity contribution in [2.24, 2.45) is 5.41 Å². The summed E-state index contributed by atoms with van der Waals surface area (Å²) in [7, 11) is 0. The Hall–Kier alpha value is -1.65. The van der Waals surface area contributed by atoms with E-state index in [-0.39, 0.29) is 18.4 Å². The van der Waals surface area contributed by atoms with Gasteiger partial charge in [-0.15, -0.1) is 0 Å². The van der Waals surface area contributed by atoms with Gasteiger partial charge in [0.25, 0.3) is 0 Å². The van der Waals surface area contributed by atoms with Gasteiger partial charge in [0.1, 0.15) is 6.61 Å². The molecule has 0 N–H and O–H groups in total. The fourth-order valence-electron chi connectivity index (χ4n) is 1.42. The van der Waals surface area contributed by atoms with Crippen molar-refractivity contribution in [3.63, 3.8) is 0 Å². The molecule has 0 amide bonds. The number of hydrogen-bond acceptors (Lipinski definition) is 4. The van der Waals surface area contributed by atoms with Gasteiger partial charge < -0.3 is 9.30 Å². The molecule has 0 aliphatic carbocycles. The summed E-state index contributed by atoms with van der Waals surface area (Å²) >= 11 is 0. The number of ketones is 1. The Labute approximate surface area is 107 Å². The molecule has 0 aromatic carbocycles. The Morgan fingerprint density at radius 1 is 1.39 bits per heavy atom. The summed E-state index contributed by atoms with van der Waals surface area (Å²) in [6.45, 7) is 9.54. The average molecular weight is 252 g/mol. The maximum absolute atomic E-state index is 11.6. The van der Waals surface area contributed by atoms with Gasteiger partial charge in [-0.25, -0.2) is 4.98 Å². The highest BCUT2D eigenvalue weighted by atomic mass is 16.5. The minimum absolute atomic E-state index is 0.0924. The van der Waals surface area contributed by atoms with Crippen LogP contribution in [-0.2, 0) is 22.7 Å². The van der Waals surface area contributed by atoms with Crippen molar-refractivity contribution in [3.05, 3.63) is 17.7 Å². The number of imidazole rings is 1. The van der Waals surface area contributed by atoms with E-state index in [2.05, 4.69) is 4.98 Å². The van der Waals surface area contributed by atoms with Crippen LogP contribution >= 0.6 is 0 Å². The van der Waals surface area contributed by atoms with Gasteiger partial charge in [0.2, 0.25) is 0 Å². The Morgan fingerprint density at radius 2 is 2.00 bits per heavy atom. The zero-order chi connectivity index (χ0) is 13.9. The van der Waals surface area contributed by atoms with E-state index in [0.29, 0.717) is 18.1 Å². The molecule has 1 aromatic rings. The van der Waals surface area contributed by atoms with Crippen LogP contribution in [0.15, 0.2) is 6.20 Å². The first-order chi connectivity index (χ1) is 8.25. The second-order valence-corrected chi connectivity index (χ2v) is 5.22. The topological polar surface area (TPSA) is 61.2 Å². The van der Waals surface area contributed by atoms with Crippen LogP contribution in [0.3, 0.4) is 0 Å². The smallest absolute Gasteiger partial charge is 0.311 e. The number of hydrogen-bond donors (Lipinski definition) is 0. The second-order valence-electron chi connectivity index (χ2n) is 5.22. The third kappa shape index (κ3) is 3.42. The number of rotatable bonds is 4. The minimum atomic E-state index is -0.531. The number of Topliss-reactive ketones (excluding diaryl/α,β-unsaturated/α-hetero) is 1. The highest BCUT2D eigenvalue weighted by molar-refractivity contribution is 5.90. The molecule has 5 nitrogen and oxygen atoms in total. The standard InChI is InChI=1S/C13H20N2O3/c1-6-15-7-10(14-11(15)9(2)16)8-18-12(17)13(3,4)5/h7H,6,8H2,1-5H3. The first kappa shape index (κ1) is 14.4. The lowest BCUT2D eigenvalue weighted by Crippen LogP contribution is -2.22. The van der Waals surface area contributed by atoms with E-state index in [0.717, 1.165) is 0 Å². The largest absolute Gasteiger partial charge is 0.459 e. The van der Waals surface area contributed by atoms with Crippen LogP contribution in [0, 0.1) is 5.41 Å². The maximum atomic E-state index is 11.6. The van der Waals surface area contributed by atoms with Gasteiger partial charge in [-0.3, -0.25) is 9.59 Å². The average Bonchev–Trinajstić information content (AvgIpc) is 2.67. The fourth-order valence-corrected chi connectivity index (χ4v) is 1.42. The summed E-state index contributed by atoms with van der Waals surface area (Å²) in [6, 6.07) is 0. The maximum Gasteiger partial charge on any atom is 0.311 e. The molecule has 1 heterocycles. The first-order valence-electron chi connectivity index (χ1n) is 6.00. The van der Waals surface area contributed by atoms with Gasteiger partial charge in [-0.1, -0.05) is 0 Å². The lowest BCUT2D eigenvalue weighted by atomic mass is 9.97. The van der Waals surface area contributed by atoms with Crippen LogP contribution < -0.4 is 0 Å². The Kier molecular flexibility index (Phi) is 4.27. The zero-order valence-electron chi connectivity index (χ0n) is 11.6. The van der Waals surface area contributed by atoms with Crippen molar-refractivity contribution in [1.29, 1.82) is 0 Å². The molecule has 1 aromatic heterocycles. The molecule has 18 heavy (non-hydrogen) atoms. The molecule has 0 spiro atoms. The number of nitrogens with zero attached hydrogens (tertiary/aromatic N) is 2. The SMILES string of the molecule is CCn1cc(COC(=O)C(C)(C)C)nc1C(C)=O. The monoisotopic (exact) mass is 252 g/mol. The number of esters is 1. The molecule has 1 rings (SSSR count). The summed E-state index contributed by atoms with van der Waals surface area (Å²) in [4.78, 5) is 27.1. The number of aromatic nitrogens is 2. The molecule has 0 saturated heterocycles. The van der Waals surface area contributed by atoms with E-state index in [9.17, 15) is 9.59 Å². The van der Waals surface area contributed by atoms with E-state index < -0.39 is 5.41 Å². The van der Waals surface area contributed by atoms with E-state index in [4.69, 9.17) is 4.74 Å². The molecule has 0 unspecified atom stereocenters. The predicted molar refractivity (Wildman–Crippen MR) is 67.2 cm³/mol. The second kappa shape index (κ2) is 5.33. The first-order valence-corrected chi connectivity index (χ1v) is 6.00. The Bertz CT molecular complexity index is 455. The van der Waals surface area contributed by atoms with E-state index in [1.165, 1.54) is 6.92 Å². The lowest BCUT2D eigenvalue weighted by Gasteiger charge is -2.15. The molecule has 100 valence electrons. The van der Waals surface area contributed by atoms with Crippen LogP contribution in [0.5, 0.6) is 0 Å². The lowest BCUT2D eigenvalue weighted by molar-refractivity contribution is -0.154. The van der Waals surface area contributed by atoms with Crippen LogP contribution in [0.1, 0.15) is 50.9 Å². The molecule has 5 heteroatoms. The van der Waals surface area contributed by atoms with Crippen LogP contribution in [-0.4, -0.2) is 21.3 Å². The number of carbonyl (C=O) groups is 2. The van der Waals surface area contributed by atoms with Gasteiger partial charge in [-0.2, -0.15) is 0 Å². The number of ether oxygens (including phenoxy) is 1. The van der Waals surface area contributed by atoms with Crippen LogP contribution in [0.4, 0.5) is 0 Å². The summed E-state index contributed by atoms with van der Waals surface area (Å²) in [5.41, 5.74) is 0.0659. The fraction of sp³-hybridized carbons (Fsp3) is 0.615. The zero-order valence-corrected chi connectivity index (χ0v) is 11.6. The van der Waals surface area contributed by atoms with Gasteiger partial charge in [0.05, 0.1) is 11.1 Å². The van der Waals surface area contributed by atoms with Crippen LogP contribution in [0.2, 0.25) is 0 Å². The molecular weight excluding hydrogens is 232 g/mol. The van der Waals surface area contributed by atoms with Crippen LogP contribution in [0.25, 0.3) is 0 Å². The van der Waals surface area contributed by atoms with Gasteiger partial charge in [-0.05, 0) is 27.7 Å². The quantitative estimate of drug-likeness (QED) is 0.608. The summed E-state index contributed by atoms with van der Waals surface area (Å²) < 4.78 is 6.91. The van der Waals surface area contributed by atoms with Crippen molar-refractivity contribution in [3.8, 4) is 0 Å². The summed E-state index contributed by atoms with van der Waals surface area (Å²) in [5, 5.41) is 0. The highest BCUT2D eigenvalue weighted by Gasteiger charge is 2.23. The Balaban J connectivity index is 2.75. The summed E-state index contributed by atoms with van der Waals surface area (Å²) in [6.07, 6.45) is 1.74. The van der Waals surface area contributed by atoms with Crippen molar-refractivity contribution < 1.29 is 14.3 Å². The normalized spacial score (nSPS) is 11.4. The van der Waals surface area contributed by atoms with E-state index in [1.807, 2.05) is 6.92 Å². The minimum Gasteiger partial charge on any atom is -0.459 e. The molecule has 0 atom stereocenters. The van der Waals surface area contributed by atoms with Crippen molar-refractivity contribution >= 4 is 11.8 Å². The molecule has 0 saturated carbocycles. The van der Waals surface area contributed by atoms with E-state index >= 15 is 0 Å². The summed E-state index contributed by atoms with van der Waals surface area (Å²) in [5.74, 6) is 0.0301. The molecule has 0 aliphatic heterocycles. The number of carbonyl (C=O) groups excluding carboxylic acids is 2. The molecular formula is C13H20N2O3. The molecule has 0 bridgehead atoms. The van der Waals surface area contributed by atoms with Gasteiger partial charge >= 0.3 is 5.97 Å².